The van der Waals surface area contributed by atoms with Crippen molar-refractivity contribution in [3.8, 4) is 5.75 Å². The highest BCUT2D eigenvalue weighted by Gasteiger charge is 2.46. The topological polar surface area (TPSA) is 105 Å². The van der Waals surface area contributed by atoms with Crippen LogP contribution < -0.4 is 15.2 Å². The average Bonchev–Trinajstić information content (AvgIpc) is 3.38. The standard InChI is InChI=1S/C21H17FN4O4S2/c22-13-8-14-17(9-18(13)32(28)25-19-23-11-24-31-19)29-20(27)26(14)15-10-21(6-3-7-21)30-16-5-2-1-4-12(15)16/h1-2,4-5,8-9,11,15H,3,6-7,10H2,(H,23,24,25)/t15-,32?/m0/s1. The molecule has 2 aromatic carbocycles. The molecular formula is C21H17FN4O4S2. The molecule has 11 heteroatoms. The van der Waals surface area contributed by atoms with Gasteiger partial charge in [-0.2, -0.15) is 9.10 Å². The van der Waals surface area contributed by atoms with Gasteiger partial charge in [0.1, 0.15) is 29.0 Å². The van der Waals surface area contributed by atoms with E-state index >= 15 is 4.39 Å². The Hall–Kier alpha value is -2.89. The first-order chi connectivity index (χ1) is 15.5. The molecular weight excluding hydrogens is 455 g/mol. The third kappa shape index (κ3) is 3.11. The molecule has 0 bridgehead atoms. The second kappa shape index (κ2) is 7.32. The Morgan fingerprint density at radius 3 is 2.91 bits per heavy atom. The van der Waals surface area contributed by atoms with Crippen LogP contribution in [0.1, 0.15) is 37.3 Å². The summed E-state index contributed by atoms with van der Waals surface area (Å²) in [5.74, 6) is -0.555. The van der Waals surface area contributed by atoms with Gasteiger partial charge in [-0.15, -0.1) is 0 Å². The Morgan fingerprint density at radius 2 is 2.16 bits per heavy atom. The predicted octanol–water partition coefficient (Wildman–Crippen LogP) is 4.01. The van der Waals surface area contributed by atoms with Crippen molar-refractivity contribution in [2.75, 3.05) is 4.72 Å². The Morgan fingerprint density at radius 1 is 1.31 bits per heavy atom. The van der Waals surface area contributed by atoms with Gasteiger partial charge in [-0.05, 0) is 25.3 Å². The maximum Gasteiger partial charge on any atom is 0.420 e. The van der Waals surface area contributed by atoms with Crippen molar-refractivity contribution < 1.29 is 18.1 Å². The first kappa shape index (κ1) is 19.8. The number of fused-ring (bicyclic) bond motifs is 2. The molecule has 3 heterocycles. The van der Waals surface area contributed by atoms with Crippen LogP contribution in [0.15, 0.2) is 56.8 Å². The number of para-hydroxylation sites is 1. The van der Waals surface area contributed by atoms with Crippen LogP contribution in [0.3, 0.4) is 0 Å². The SMILES string of the molecule is O=c1oc2cc([S+]([O-])Nc3ncns3)c(F)cc2n1[C@H]1CC2(CCC2)Oc2ccccc21. The Labute approximate surface area is 188 Å². The third-order valence-electron chi connectivity index (χ3n) is 6.15. The number of halogens is 1. The Balaban J connectivity index is 1.44. The number of ether oxygens (including phenoxy) is 1. The van der Waals surface area contributed by atoms with E-state index in [-0.39, 0.29) is 22.1 Å². The van der Waals surface area contributed by atoms with Crippen molar-refractivity contribution in [2.24, 2.45) is 0 Å². The summed E-state index contributed by atoms with van der Waals surface area (Å²) in [6.45, 7) is 0. The van der Waals surface area contributed by atoms with Crippen LogP contribution in [0.5, 0.6) is 5.75 Å². The molecule has 1 fully saturated rings. The summed E-state index contributed by atoms with van der Waals surface area (Å²) >= 11 is -0.927. The molecule has 1 aliphatic carbocycles. The van der Waals surface area contributed by atoms with Gasteiger partial charge in [0.15, 0.2) is 11.4 Å². The molecule has 6 rings (SSSR count). The molecule has 164 valence electrons. The second-order valence-electron chi connectivity index (χ2n) is 8.00. The van der Waals surface area contributed by atoms with E-state index in [2.05, 4.69) is 14.1 Å². The first-order valence-electron chi connectivity index (χ1n) is 10.1. The highest BCUT2D eigenvalue weighted by atomic mass is 32.2. The fourth-order valence-corrected chi connectivity index (χ4v) is 5.95. The molecule has 0 radical (unpaired) electrons. The van der Waals surface area contributed by atoms with Gasteiger partial charge in [-0.25, -0.2) is 14.2 Å². The summed E-state index contributed by atoms with van der Waals surface area (Å²) in [6, 6.07) is 9.78. The van der Waals surface area contributed by atoms with Gasteiger partial charge in [0.05, 0.1) is 11.6 Å². The van der Waals surface area contributed by atoms with Crippen molar-refractivity contribution in [3.63, 3.8) is 0 Å². The van der Waals surface area contributed by atoms with E-state index < -0.39 is 22.9 Å². The molecule has 1 aliphatic heterocycles. The molecule has 2 aromatic heterocycles. The summed E-state index contributed by atoms with van der Waals surface area (Å²) in [5, 5.41) is 0.298. The highest BCUT2D eigenvalue weighted by Crippen LogP contribution is 2.50. The lowest BCUT2D eigenvalue weighted by molar-refractivity contribution is -0.0365. The van der Waals surface area contributed by atoms with Crippen LogP contribution in [0.25, 0.3) is 11.1 Å². The molecule has 1 spiro atoms. The van der Waals surface area contributed by atoms with Crippen molar-refractivity contribution >= 4 is 39.1 Å². The van der Waals surface area contributed by atoms with Gasteiger partial charge < -0.3 is 13.7 Å². The molecule has 4 aromatic rings. The van der Waals surface area contributed by atoms with Crippen molar-refractivity contribution in [1.29, 1.82) is 0 Å². The molecule has 1 unspecified atom stereocenters. The van der Waals surface area contributed by atoms with E-state index in [0.717, 1.165) is 42.1 Å². The molecule has 0 amide bonds. The van der Waals surface area contributed by atoms with Crippen LogP contribution in [0.2, 0.25) is 0 Å². The number of anilines is 1. The normalized spacial score (nSPS) is 19.9. The van der Waals surface area contributed by atoms with Gasteiger partial charge in [-0.1, -0.05) is 18.2 Å². The van der Waals surface area contributed by atoms with E-state index in [1.165, 1.54) is 23.0 Å². The lowest BCUT2D eigenvalue weighted by Crippen LogP contribution is -2.48. The molecule has 32 heavy (non-hydrogen) atoms. The smallest absolute Gasteiger partial charge is 0.420 e. The second-order valence-corrected chi connectivity index (χ2v) is 9.96. The van der Waals surface area contributed by atoms with Gasteiger partial charge in [0.25, 0.3) is 0 Å². The summed E-state index contributed by atoms with van der Waals surface area (Å²) < 4.78 is 47.3. The summed E-state index contributed by atoms with van der Waals surface area (Å²) in [6.07, 6.45) is 4.81. The van der Waals surface area contributed by atoms with Crippen molar-refractivity contribution in [1.82, 2.24) is 13.9 Å². The number of nitrogens with zero attached hydrogens (tertiary/aromatic N) is 3. The Kier molecular flexibility index (Phi) is 4.52. The lowest BCUT2D eigenvalue weighted by Gasteiger charge is -2.47. The van der Waals surface area contributed by atoms with Crippen LogP contribution >= 0.6 is 11.5 Å². The van der Waals surface area contributed by atoms with Gasteiger partial charge in [0.2, 0.25) is 10.0 Å². The maximum absolute atomic E-state index is 15.0. The number of benzene rings is 2. The van der Waals surface area contributed by atoms with Gasteiger partial charge >= 0.3 is 5.76 Å². The summed E-state index contributed by atoms with van der Waals surface area (Å²) in [7, 11) is 0. The number of hydrogen-bond donors (Lipinski definition) is 1. The van der Waals surface area contributed by atoms with E-state index in [1.54, 1.807) is 0 Å². The van der Waals surface area contributed by atoms with E-state index in [0.29, 0.717) is 17.1 Å². The first-order valence-corrected chi connectivity index (χ1v) is 12.0. The zero-order chi connectivity index (χ0) is 21.9. The number of rotatable bonds is 4. The van der Waals surface area contributed by atoms with Gasteiger partial charge in [0, 0.05) is 35.6 Å². The molecule has 0 saturated heterocycles. The maximum atomic E-state index is 15.0. The number of nitrogens with one attached hydrogen (secondary N) is 1. The average molecular weight is 473 g/mol. The van der Waals surface area contributed by atoms with Crippen molar-refractivity contribution in [2.45, 2.75) is 42.2 Å². The third-order valence-corrected chi connectivity index (χ3v) is 7.95. The van der Waals surface area contributed by atoms with Gasteiger partial charge in [-0.3, -0.25) is 4.57 Å². The highest BCUT2D eigenvalue weighted by molar-refractivity contribution is 7.93. The molecule has 1 N–H and O–H groups in total. The monoisotopic (exact) mass is 472 g/mol. The minimum absolute atomic E-state index is 0.128. The van der Waals surface area contributed by atoms with E-state index in [4.69, 9.17) is 9.15 Å². The summed E-state index contributed by atoms with van der Waals surface area (Å²) in [5.41, 5.74) is 1.04. The Bertz CT molecular complexity index is 1370. The zero-order valence-electron chi connectivity index (χ0n) is 16.6. The lowest BCUT2D eigenvalue weighted by atomic mass is 9.73. The largest absolute Gasteiger partial charge is 0.588 e. The van der Waals surface area contributed by atoms with E-state index in [1.807, 2.05) is 24.3 Å². The predicted molar refractivity (Wildman–Crippen MR) is 117 cm³/mol. The number of hydrogen-bond acceptors (Lipinski definition) is 8. The fourth-order valence-electron chi connectivity index (χ4n) is 4.52. The molecule has 2 atom stereocenters. The summed E-state index contributed by atoms with van der Waals surface area (Å²) in [4.78, 5) is 16.7. The number of aromatic nitrogens is 3. The van der Waals surface area contributed by atoms with Crippen LogP contribution in [-0.4, -0.2) is 24.1 Å². The van der Waals surface area contributed by atoms with Crippen LogP contribution in [0, 0.1) is 5.82 Å². The van der Waals surface area contributed by atoms with Crippen molar-refractivity contribution in [3.05, 3.63) is 64.7 Å². The molecule has 1 saturated carbocycles. The minimum atomic E-state index is -1.93. The zero-order valence-corrected chi connectivity index (χ0v) is 18.2. The fraction of sp³-hybridized carbons (Fsp3) is 0.286. The molecule has 2 aliphatic rings. The van der Waals surface area contributed by atoms with Crippen LogP contribution in [0.4, 0.5) is 9.52 Å². The van der Waals surface area contributed by atoms with Crippen LogP contribution in [-0.2, 0) is 11.4 Å². The number of oxazole rings is 1. The molecule has 8 nitrogen and oxygen atoms in total. The van der Waals surface area contributed by atoms with E-state index in [9.17, 15) is 9.35 Å². The quantitative estimate of drug-likeness (QED) is 0.447. The minimum Gasteiger partial charge on any atom is -0.588 e.